The molecule has 240 valence electrons. The van der Waals surface area contributed by atoms with Crippen LogP contribution < -0.4 is 5.73 Å². The largest absolute Gasteiger partial charge is 0.426 e. The first-order valence-electron chi connectivity index (χ1n) is 13.1. The number of carbonyl (C=O) groups is 1. The lowest BCUT2D eigenvalue weighted by atomic mass is 9.83. The summed E-state index contributed by atoms with van der Waals surface area (Å²) in [6, 6.07) is 5.41. The molecule has 1 atom stereocenters. The van der Waals surface area contributed by atoms with Gasteiger partial charge in [0.25, 0.3) is 17.7 Å². The number of hydrogen-bond donors (Lipinski definition) is 2. The summed E-state index contributed by atoms with van der Waals surface area (Å²) < 4.78 is 130. The van der Waals surface area contributed by atoms with Gasteiger partial charge in [0.05, 0.1) is 16.7 Å². The maximum absolute atomic E-state index is 14.1. The number of nitrogen functional groups attached to an aromatic ring is 1. The van der Waals surface area contributed by atoms with Crippen molar-refractivity contribution in [2.24, 2.45) is 0 Å². The zero-order chi connectivity index (χ0) is 32.9. The maximum atomic E-state index is 14.1. The van der Waals surface area contributed by atoms with E-state index in [0.717, 1.165) is 18.7 Å². The normalized spacial score (nSPS) is 19.2. The molecule has 0 spiro atoms. The first-order valence-corrected chi connectivity index (χ1v) is 13.1. The molecule has 4 bridgehead atoms. The molecule has 17 heteroatoms. The van der Waals surface area contributed by atoms with E-state index in [0.29, 0.717) is 6.07 Å². The number of nitrogens with zero attached hydrogens (tertiary/aromatic N) is 4. The Kier molecular flexibility index (Phi) is 8.43. The fourth-order valence-corrected chi connectivity index (χ4v) is 4.64. The summed E-state index contributed by atoms with van der Waals surface area (Å²) >= 11 is 0. The molecule has 8 nitrogen and oxygen atoms in total. The zero-order valence-corrected chi connectivity index (χ0v) is 23.2. The number of anilines is 1. The average molecular weight is 640 g/mol. The van der Waals surface area contributed by atoms with Crippen molar-refractivity contribution in [3.05, 3.63) is 58.6 Å². The second-order valence-electron chi connectivity index (χ2n) is 11.0. The Morgan fingerprint density at radius 2 is 1.66 bits per heavy atom. The van der Waals surface area contributed by atoms with Gasteiger partial charge in [0.1, 0.15) is 5.69 Å². The Morgan fingerprint density at radius 1 is 0.977 bits per heavy atom. The van der Waals surface area contributed by atoms with Crippen LogP contribution in [-0.2, 0) is 23.7 Å². The van der Waals surface area contributed by atoms with Gasteiger partial charge in [-0.25, -0.2) is 4.98 Å². The van der Waals surface area contributed by atoms with Gasteiger partial charge < -0.3 is 20.2 Å². The van der Waals surface area contributed by atoms with Crippen LogP contribution in [0, 0.1) is 0 Å². The van der Waals surface area contributed by atoms with Crippen LogP contribution in [0.3, 0.4) is 0 Å². The molecule has 1 amide bonds. The zero-order valence-electron chi connectivity index (χ0n) is 23.2. The third-order valence-electron chi connectivity index (χ3n) is 7.49. The van der Waals surface area contributed by atoms with Crippen molar-refractivity contribution < 1.29 is 53.8 Å². The lowest BCUT2D eigenvalue weighted by Crippen LogP contribution is -2.42. The predicted molar refractivity (Wildman–Crippen MR) is 136 cm³/mol. The van der Waals surface area contributed by atoms with E-state index in [-0.39, 0.29) is 36.9 Å². The van der Waals surface area contributed by atoms with Gasteiger partial charge in [-0.3, -0.25) is 4.79 Å². The van der Waals surface area contributed by atoms with E-state index in [1.165, 1.54) is 24.3 Å². The number of aromatic nitrogens is 3. The third kappa shape index (κ3) is 6.19. The van der Waals surface area contributed by atoms with E-state index in [2.05, 4.69) is 15.2 Å². The number of alkyl halides is 9. The predicted octanol–water partition coefficient (Wildman–Crippen LogP) is 6.54. The Balaban J connectivity index is 1.84. The molecule has 0 unspecified atom stereocenters. The number of benzene rings is 1. The van der Waals surface area contributed by atoms with Gasteiger partial charge in [-0.1, -0.05) is 30.7 Å². The molecule has 0 saturated heterocycles. The Hall–Kier alpha value is -3.89. The molecular formula is C27H26F9N5O3. The molecular weight excluding hydrogens is 613 g/mol. The smallest absolute Gasteiger partial charge is 0.416 e. The Morgan fingerprint density at radius 3 is 2.27 bits per heavy atom. The van der Waals surface area contributed by atoms with E-state index >= 15 is 0 Å². The van der Waals surface area contributed by atoms with Gasteiger partial charge in [0.2, 0.25) is 5.60 Å². The summed E-state index contributed by atoms with van der Waals surface area (Å²) in [6.07, 6.45) is -16.4. The molecule has 3 aromatic rings. The lowest BCUT2D eigenvalue weighted by molar-refractivity contribution is -0.277. The van der Waals surface area contributed by atoms with Crippen LogP contribution in [0.1, 0.15) is 72.6 Å². The molecule has 3 N–H and O–H groups in total. The van der Waals surface area contributed by atoms with Crippen LogP contribution in [0.5, 0.6) is 0 Å². The summed E-state index contributed by atoms with van der Waals surface area (Å²) in [4.78, 5) is 18.3. The van der Waals surface area contributed by atoms with Crippen LogP contribution in [0.15, 0.2) is 34.7 Å². The second-order valence-corrected chi connectivity index (χ2v) is 11.0. The number of pyridine rings is 1. The summed E-state index contributed by atoms with van der Waals surface area (Å²) in [5.41, 5.74) is -4.48. The molecule has 4 rings (SSSR count). The number of rotatable bonds is 3. The minimum Gasteiger partial charge on any atom is -0.416 e. The Bertz CT molecular complexity index is 1530. The molecule has 0 saturated carbocycles. The molecule has 1 aliphatic rings. The molecule has 0 fully saturated rings. The number of fused-ring (bicyclic) bond motifs is 5. The second kappa shape index (κ2) is 11.2. The SMILES string of the molecule is CC(C)(c1cccc(CN2CCCCC[C@](O)(C(F)(F)F)c3nnc(o3)-c3nc(c(C(F)(F)F)cc3N)C2=O)c1)C(F)(F)F. The van der Waals surface area contributed by atoms with Crippen molar-refractivity contribution in [2.45, 2.75) is 75.6 Å². The summed E-state index contributed by atoms with van der Waals surface area (Å²) in [5, 5.41) is 17.2. The molecule has 3 heterocycles. The fraction of sp³-hybridized carbons (Fsp3) is 0.481. The van der Waals surface area contributed by atoms with Crippen LogP contribution in [0.2, 0.25) is 0 Å². The van der Waals surface area contributed by atoms with Gasteiger partial charge in [0.15, 0.2) is 5.69 Å². The Labute approximate surface area is 244 Å². The first-order chi connectivity index (χ1) is 20.2. The number of nitrogens with two attached hydrogens (primary N) is 1. The highest BCUT2D eigenvalue weighted by Crippen LogP contribution is 2.44. The van der Waals surface area contributed by atoms with Crippen molar-refractivity contribution >= 4 is 11.6 Å². The quantitative estimate of drug-likeness (QED) is 0.313. The highest BCUT2D eigenvalue weighted by atomic mass is 19.4. The van der Waals surface area contributed by atoms with Crippen LogP contribution in [0.25, 0.3) is 11.6 Å². The summed E-state index contributed by atoms with van der Waals surface area (Å²) in [6.45, 7) is 1.11. The third-order valence-corrected chi connectivity index (χ3v) is 7.49. The summed E-state index contributed by atoms with van der Waals surface area (Å²) in [5.74, 6) is -3.44. The maximum Gasteiger partial charge on any atom is 0.426 e. The molecule has 2 aromatic heterocycles. The topological polar surface area (TPSA) is 118 Å². The van der Waals surface area contributed by atoms with Crippen molar-refractivity contribution in [1.82, 2.24) is 20.1 Å². The number of amides is 1. The molecule has 44 heavy (non-hydrogen) atoms. The molecule has 1 aromatic carbocycles. The molecule has 0 aliphatic carbocycles. The highest BCUT2D eigenvalue weighted by Gasteiger charge is 2.58. The van der Waals surface area contributed by atoms with E-state index in [1.54, 1.807) is 0 Å². The van der Waals surface area contributed by atoms with Crippen molar-refractivity contribution in [3.8, 4) is 11.6 Å². The van der Waals surface area contributed by atoms with Crippen molar-refractivity contribution in [3.63, 3.8) is 0 Å². The molecule has 1 aliphatic heterocycles. The molecule has 0 radical (unpaired) electrons. The van der Waals surface area contributed by atoms with Gasteiger partial charge in [-0.05, 0) is 50.3 Å². The van der Waals surface area contributed by atoms with Gasteiger partial charge in [-0.2, -0.15) is 39.5 Å². The number of aliphatic hydroxyl groups is 1. The van der Waals surface area contributed by atoms with Crippen LogP contribution in [-0.4, -0.2) is 50.0 Å². The van der Waals surface area contributed by atoms with Crippen molar-refractivity contribution in [2.75, 3.05) is 12.3 Å². The number of hydrogen-bond acceptors (Lipinski definition) is 7. The summed E-state index contributed by atoms with van der Waals surface area (Å²) in [7, 11) is 0. The lowest BCUT2D eigenvalue weighted by Gasteiger charge is -2.29. The fourth-order valence-electron chi connectivity index (χ4n) is 4.64. The minimum absolute atomic E-state index is 0.0448. The van der Waals surface area contributed by atoms with Gasteiger partial charge in [0, 0.05) is 13.1 Å². The standard InChI is InChI=1S/C27H26F9N5O3/c1-23(2,26(31,32)33)15-8-6-7-14(11-15)13-41-10-5-3-4-9-24(43,27(34,35)36)22-40-39-20(44-22)19-17(37)12-16(25(28,29)30)18(38-19)21(41)42/h6-8,11-12,43H,3-5,9-10,13,37H2,1-2H3/t24-/m1/s1. The van der Waals surface area contributed by atoms with Crippen LogP contribution in [0.4, 0.5) is 45.2 Å². The average Bonchev–Trinajstić information content (AvgIpc) is 3.40. The number of halogens is 9. The van der Waals surface area contributed by atoms with Crippen molar-refractivity contribution in [1.29, 1.82) is 0 Å². The highest BCUT2D eigenvalue weighted by molar-refractivity contribution is 5.95. The first kappa shape index (κ1) is 33.0. The van der Waals surface area contributed by atoms with Crippen LogP contribution >= 0.6 is 0 Å². The monoisotopic (exact) mass is 639 g/mol. The van der Waals surface area contributed by atoms with Gasteiger partial charge >= 0.3 is 18.5 Å². The number of carbonyl (C=O) groups excluding carboxylic acids is 1. The van der Waals surface area contributed by atoms with E-state index in [1.807, 2.05) is 0 Å². The van der Waals surface area contributed by atoms with Gasteiger partial charge in [-0.15, -0.1) is 10.2 Å². The minimum atomic E-state index is -5.28. The van der Waals surface area contributed by atoms with E-state index in [4.69, 9.17) is 10.2 Å². The van der Waals surface area contributed by atoms with E-state index in [9.17, 15) is 49.4 Å². The van der Waals surface area contributed by atoms with E-state index < -0.39 is 82.8 Å².